The molecule has 0 saturated heterocycles. The largest absolute Gasteiger partial charge is 0.417 e. The first kappa shape index (κ1) is 21.1. The summed E-state index contributed by atoms with van der Waals surface area (Å²) in [7, 11) is 0. The Balaban J connectivity index is 1.50. The molecule has 0 fully saturated rings. The molecule has 0 aliphatic carbocycles. The minimum absolute atomic E-state index is 0.0111. The number of fused-ring (bicyclic) bond motifs is 1. The smallest absolute Gasteiger partial charge is 0.382 e. The first-order valence-corrected chi connectivity index (χ1v) is 9.38. The van der Waals surface area contributed by atoms with E-state index >= 15 is 0 Å². The van der Waals surface area contributed by atoms with Crippen LogP contribution in [0.4, 0.5) is 35.3 Å². The van der Waals surface area contributed by atoms with Crippen LogP contribution in [0, 0.1) is 6.92 Å². The molecule has 0 unspecified atom stereocenters. The summed E-state index contributed by atoms with van der Waals surface area (Å²) < 4.78 is 39.5. The molecule has 3 heterocycles. The van der Waals surface area contributed by atoms with Gasteiger partial charge in [0.1, 0.15) is 17.7 Å². The van der Waals surface area contributed by atoms with Crippen LogP contribution in [0.3, 0.4) is 0 Å². The Morgan fingerprint density at radius 3 is 2.47 bits per heavy atom. The van der Waals surface area contributed by atoms with Gasteiger partial charge in [0.2, 0.25) is 0 Å². The molecule has 2 amide bonds. The lowest BCUT2D eigenvalue weighted by molar-refractivity contribution is -0.137. The second kappa shape index (κ2) is 8.17. The van der Waals surface area contributed by atoms with Crippen molar-refractivity contribution in [2.75, 3.05) is 16.4 Å². The standard InChI is InChI=1S/C21H17F3N7O/c1-2-12-10-31-18(19(25)27-11-28-31)17(12)13-3-6-15(7-4-13)29-20(32)30-16-8-5-14(9-26-16)21(22,23)24/h3-11H,1-2H2,(H2,25,27,28)(H2,26,29,30,32). The van der Waals surface area contributed by atoms with Gasteiger partial charge in [0.25, 0.3) is 0 Å². The molecule has 0 atom stereocenters. The lowest BCUT2D eigenvalue weighted by Gasteiger charge is -2.10. The fourth-order valence-corrected chi connectivity index (χ4v) is 3.23. The van der Waals surface area contributed by atoms with E-state index in [1.54, 1.807) is 28.8 Å². The Bertz CT molecular complexity index is 1270. The summed E-state index contributed by atoms with van der Waals surface area (Å²) in [6, 6.07) is 8.25. The van der Waals surface area contributed by atoms with Gasteiger partial charge in [-0.2, -0.15) is 18.3 Å². The number of aromatic nitrogens is 4. The van der Waals surface area contributed by atoms with Gasteiger partial charge in [0, 0.05) is 23.6 Å². The van der Waals surface area contributed by atoms with Gasteiger partial charge >= 0.3 is 12.2 Å². The zero-order valence-electron chi connectivity index (χ0n) is 16.5. The number of alkyl halides is 3. The molecule has 4 aromatic rings. The van der Waals surface area contributed by atoms with E-state index in [2.05, 4.69) is 32.6 Å². The number of anilines is 3. The van der Waals surface area contributed by atoms with Crippen molar-refractivity contribution in [3.8, 4) is 11.1 Å². The SMILES string of the molecule is [CH2]Cc1cn2ncnc(N)c2c1-c1ccc(NC(=O)Nc2ccc(C(F)(F)F)cn2)cc1. The van der Waals surface area contributed by atoms with Crippen molar-refractivity contribution < 1.29 is 18.0 Å². The van der Waals surface area contributed by atoms with E-state index in [9.17, 15) is 18.0 Å². The molecule has 0 saturated carbocycles. The highest BCUT2D eigenvalue weighted by Crippen LogP contribution is 2.33. The number of carbonyl (C=O) groups excluding carboxylic acids is 1. The second-order valence-corrected chi connectivity index (χ2v) is 6.80. The number of urea groups is 1. The van der Waals surface area contributed by atoms with Gasteiger partial charge in [-0.15, -0.1) is 0 Å². The topological polar surface area (TPSA) is 110 Å². The van der Waals surface area contributed by atoms with Gasteiger partial charge < -0.3 is 11.1 Å². The van der Waals surface area contributed by atoms with E-state index in [-0.39, 0.29) is 5.82 Å². The summed E-state index contributed by atoms with van der Waals surface area (Å²) in [4.78, 5) is 19.8. The summed E-state index contributed by atoms with van der Waals surface area (Å²) in [6.07, 6.45) is -0.114. The minimum atomic E-state index is -4.49. The highest BCUT2D eigenvalue weighted by Gasteiger charge is 2.30. The van der Waals surface area contributed by atoms with Crippen LogP contribution < -0.4 is 16.4 Å². The summed E-state index contributed by atoms with van der Waals surface area (Å²) in [5, 5.41) is 9.17. The number of pyridine rings is 1. The average Bonchev–Trinajstić information content (AvgIpc) is 3.14. The molecule has 4 rings (SSSR count). The maximum absolute atomic E-state index is 12.6. The average molecular weight is 440 g/mol. The summed E-state index contributed by atoms with van der Waals surface area (Å²) in [6.45, 7) is 3.95. The molecule has 1 aromatic carbocycles. The molecule has 8 nitrogen and oxygen atoms in total. The predicted octanol–water partition coefficient (Wildman–Crippen LogP) is 4.41. The van der Waals surface area contributed by atoms with Crippen molar-refractivity contribution in [3.05, 3.63) is 73.2 Å². The van der Waals surface area contributed by atoms with Crippen molar-refractivity contribution in [2.45, 2.75) is 12.6 Å². The molecule has 4 N–H and O–H groups in total. The Kier molecular flexibility index (Phi) is 5.39. The van der Waals surface area contributed by atoms with Crippen LogP contribution in [0.1, 0.15) is 11.1 Å². The maximum atomic E-state index is 12.6. The number of rotatable bonds is 4. The van der Waals surface area contributed by atoms with Gasteiger partial charge in [-0.25, -0.2) is 19.3 Å². The number of amides is 2. The number of nitrogens with two attached hydrogens (primary N) is 1. The Morgan fingerprint density at radius 2 is 1.84 bits per heavy atom. The van der Waals surface area contributed by atoms with Gasteiger partial charge in [-0.05, 0) is 48.7 Å². The lowest BCUT2D eigenvalue weighted by Crippen LogP contribution is -2.20. The van der Waals surface area contributed by atoms with Crippen LogP contribution in [-0.4, -0.2) is 25.6 Å². The highest BCUT2D eigenvalue weighted by atomic mass is 19.4. The number of hydrogen-bond acceptors (Lipinski definition) is 5. The molecule has 1 radical (unpaired) electrons. The van der Waals surface area contributed by atoms with E-state index in [0.29, 0.717) is 29.6 Å². The lowest BCUT2D eigenvalue weighted by atomic mass is 10.0. The molecular formula is C21H17F3N7O. The monoisotopic (exact) mass is 440 g/mol. The van der Waals surface area contributed by atoms with Gasteiger partial charge in [0.05, 0.1) is 5.56 Å². The van der Waals surface area contributed by atoms with Crippen LogP contribution in [0.15, 0.2) is 55.1 Å². The number of hydrogen-bond donors (Lipinski definition) is 3. The molecule has 11 heteroatoms. The molecule has 0 aliphatic heterocycles. The first-order chi connectivity index (χ1) is 15.3. The number of nitrogens with one attached hydrogen (secondary N) is 2. The van der Waals surface area contributed by atoms with Gasteiger partial charge in [0.15, 0.2) is 5.82 Å². The van der Waals surface area contributed by atoms with E-state index in [4.69, 9.17) is 5.73 Å². The number of benzene rings is 1. The van der Waals surface area contributed by atoms with Gasteiger partial charge in [-0.1, -0.05) is 12.1 Å². The van der Waals surface area contributed by atoms with Gasteiger partial charge in [-0.3, -0.25) is 5.32 Å². The molecular weight excluding hydrogens is 423 g/mol. The normalized spacial score (nSPS) is 11.5. The zero-order valence-corrected chi connectivity index (χ0v) is 16.5. The van der Waals surface area contributed by atoms with Crippen LogP contribution >= 0.6 is 0 Å². The molecule has 32 heavy (non-hydrogen) atoms. The van der Waals surface area contributed by atoms with E-state index in [1.807, 2.05) is 6.20 Å². The minimum Gasteiger partial charge on any atom is -0.382 e. The predicted molar refractivity (Wildman–Crippen MR) is 114 cm³/mol. The van der Waals surface area contributed by atoms with Crippen molar-refractivity contribution in [2.24, 2.45) is 0 Å². The fourth-order valence-electron chi connectivity index (χ4n) is 3.23. The van der Waals surface area contributed by atoms with Crippen LogP contribution in [0.25, 0.3) is 16.6 Å². The van der Waals surface area contributed by atoms with Crippen LogP contribution in [-0.2, 0) is 12.6 Å². The summed E-state index contributed by atoms with van der Waals surface area (Å²) in [5.74, 6) is 0.322. The van der Waals surface area contributed by atoms with Crippen molar-refractivity contribution >= 4 is 28.9 Å². The third kappa shape index (κ3) is 4.17. The Morgan fingerprint density at radius 1 is 1.09 bits per heavy atom. The number of halogens is 3. The highest BCUT2D eigenvalue weighted by molar-refractivity contribution is 5.99. The van der Waals surface area contributed by atoms with Crippen LogP contribution in [0.5, 0.6) is 0 Å². The number of carbonyl (C=O) groups is 1. The first-order valence-electron chi connectivity index (χ1n) is 9.38. The van der Waals surface area contributed by atoms with Crippen molar-refractivity contribution in [3.63, 3.8) is 0 Å². The third-order valence-corrected chi connectivity index (χ3v) is 4.71. The molecule has 0 spiro atoms. The Labute approximate surface area is 180 Å². The Hall–Kier alpha value is -4.15. The quantitative estimate of drug-likeness (QED) is 0.435. The maximum Gasteiger partial charge on any atom is 0.417 e. The number of nitrogen functional groups attached to an aromatic ring is 1. The summed E-state index contributed by atoms with van der Waals surface area (Å²) >= 11 is 0. The molecule has 3 aromatic heterocycles. The van der Waals surface area contributed by atoms with E-state index in [0.717, 1.165) is 28.8 Å². The molecule has 0 bridgehead atoms. The second-order valence-electron chi connectivity index (χ2n) is 6.80. The van der Waals surface area contributed by atoms with Crippen LogP contribution in [0.2, 0.25) is 0 Å². The third-order valence-electron chi connectivity index (χ3n) is 4.71. The fraction of sp³-hybridized carbons (Fsp3) is 0.0952. The van der Waals surface area contributed by atoms with Crippen molar-refractivity contribution in [1.29, 1.82) is 0 Å². The zero-order chi connectivity index (χ0) is 22.9. The summed E-state index contributed by atoms with van der Waals surface area (Å²) in [5.41, 5.74) is 8.90. The molecule has 0 aliphatic rings. The number of nitrogens with zero attached hydrogens (tertiary/aromatic N) is 4. The van der Waals surface area contributed by atoms with E-state index in [1.165, 1.54) is 6.33 Å². The van der Waals surface area contributed by atoms with E-state index < -0.39 is 17.8 Å². The molecule has 163 valence electrons. The van der Waals surface area contributed by atoms with Crippen molar-refractivity contribution in [1.82, 2.24) is 19.6 Å².